The molecule has 6 heteroatoms. The summed E-state index contributed by atoms with van der Waals surface area (Å²) in [7, 11) is 1.63. The van der Waals surface area contributed by atoms with Crippen LogP contribution in [-0.4, -0.2) is 35.8 Å². The van der Waals surface area contributed by atoms with Gasteiger partial charge in [-0.15, -0.1) is 11.3 Å². The lowest BCUT2D eigenvalue weighted by molar-refractivity contribution is -0.122. The number of nitrogens with zero attached hydrogens (tertiary/aromatic N) is 1. The van der Waals surface area contributed by atoms with Gasteiger partial charge in [0.25, 0.3) is 5.91 Å². The number of carbonyl (C=O) groups is 2. The van der Waals surface area contributed by atoms with Crippen molar-refractivity contribution in [3.63, 3.8) is 0 Å². The molecule has 0 saturated heterocycles. The fourth-order valence-corrected chi connectivity index (χ4v) is 3.29. The van der Waals surface area contributed by atoms with Gasteiger partial charge in [-0.05, 0) is 50.6 Å². The Balaban J connectivity index is 2.05. The molecule has 2 rings (SSSR count). The van der Waals surface area contributed by atoms with Gasteiger partial charge in [0.05, 0.1) is 11.4 Å². The number of carbonyl (C=O) groups excluding carboxylic acids is 2. The summed E-state index contributed by atoms with van der Waals surface area (Å²) in [5.74, 6) is -0.336. The summed E-state index contributed by atoms with van der Waals surface area (Å²) in [6.07, 6.45) is 0. The third-order valence-corrected chi connectivity index (χ3v) is 4.56. The van der Waals surface area contributed by atoms with Crippen molar-refractivity contribution in [3.05, 3.63) is 46.3 Å². The first-order valence-corrected chi connectivity index (χ1v) is 8.77. The van der Waals surface area contributed by atoms with E-state index in [0.29, 0.717) is 9.90 Å². The van der Waals surface area contributed by atoms with E-state index in [1.54, 1.807) is 13.1 Å². The quantitative estimate of drug-likeness (QED) is 0.889. The first kappa shape index (κ1) is 18.5. The molecule has 0 atom stereocenters. The molecule has 1 aromatic heterocycles. The summed E-state index contributed by atoms with van der Waals surface area (Å²) in [5, 5.41) is 3.53. The maximum atomic E-state index is 12.5. The Morgan fingerprint density at radius 3 is 2.33 bits per heavy atom. The fraction of sp³-hybridized carbons (Fsp3) is 0.333. The molecule has 1 N–H and O–H groups in total. The number of thiophene rings is 1. The van der Waals surface area contributed by atoms with Gasteiger partial charge in [-0.2, -0.15) is 0 Å². The molecule has 2 amide bonds. The lowest BCUT2D eigenvalue weighted by atomic mass is 10.1. The maximum absolute atomic E-state index is 12.5. The van der Waals surface area contributed by atoms with Crippen molar-refractivity contribution in [1.29, 1.82) is 0 Å². The highest BCUT2D eigenvalue weighted by Crippen LogP contribution is 2.29. The van der Waals surface area contributed by atoms with E-state index in [9.17, 15) is 9.59 Å². The van der Waals surface area contributed by atoms with Crippen LogP contribution < -0.4 is 5.32 Å². The molecule has 0 unspecified atom stereocenters. The van der Waals surface area contributed by atoms with Crippen LogP contribution in [0.1, 0.15) is 30.4 Å². The highest BCUT2D eigenvalue weighted by Gasteiger charge is 2.20. The van der Waals surface area contributed by atoms with E-state index >= 15 is 0 Å². The Kier molecular flexibility index (Phi) is 5.67. The van der Waals surface area contributed by atoms with E-state index in [1.165, 1.54) is 16.2 Å². The molecule has 0 radical (unpaired) electrons. The summed E-state index contributed by atoms with van der Waals surface area (Å²) in [4.78, 5) is 27.4. The van der Waals surface area contributed by atoms with Crippen LogP contribution in [0.5, 0.6) is 0 Å². The largest absolute Gasteiger partial charge is 0.350 e. The average molecular weight is 365 g/mol. The second-order valence-electron chi connectivity index (χ2n) is 6.63. The van der Waals surface area contributed by atoms with E-state index in [1.807, 2.05) is 51.1 Å². The van der Waals surface area contributed by atoms with Gasteiger partial charge in [-0.25, -0.2) is 0 Å². The Morgan fingerprint density at radius 2 is 1.75 bits per heavy atom. The number of hydrogen-bond donors (Lipinski definition) is 1. The number of nitrogens with one attached hydrogen (secondary N) is 1. The van der Waals surface area contributed by atoms with Crippen molar-refractivity contribution in [1.82, 2.24) is 10.2 Å². The summed E-state index contributed by atoms with van der Waals surface area (Å²) in [6.45, 7) is 5.75. The number of hydrogen-bond acceptors (Lipinski definition) is 3. The molecular formula is C18H21ClN2O2S. The number of amides is 2. The molecule has 0 fully saturated rings. The molecule has 0 saturated carbocycles. The smallest absolute Gasteiger partial charge is 0.264 e. The minimum atomic E-state index is -0.314. The molecule has 1 heterocycles. The standard InChI is InChI=1S/C18H21ClN2O2S/c1-18(2,3)20-16(22)11-21(4)17(23)15-10-9-14(24-15)12-5-7-13(19)8-6-12/h5-10H,11H2,1-4H3,(H,20,22). The van der Waals surface area contributed by atoms with Crippen LogP contribution in [0.2, 0.25) is 5.02 Å². The van der Waals surface area contributed by atoms with Crippen molar-refractivity contribution < 1.29 is 9.59 Å². The Hall–Kier alpha value is -1.85. The fourth-order valence-electron chi connectivity index (χ4n) is 2.16. The molecule has 0 bridgehead atoms. The third-order valence-electron chi connectivity index (χ3n) is 3.19. The minimum Gasteiger partial charge on any atom is -0.350 e. The molecule has 0 spiro atoms. The lowest BCUT2D eigenvalue weighted by Crippen LogP contribution is -2.46. The summed E-state index contributed by atoms with van der Waals surface area (Å²) in [5.41, 5.74) is 0.697. The second kappa shape index (κ2) is 7.36. The van der Waals surface area contributed by atoms with E-state index in [-0.39, 0.29) is 23.9 Å². The van der Waals surface area contributed by atoms with Gasteiger partial charge in [0.1, 0.15) is 0 Å². The van der Waals surface area contributed by atoms with Crippen molar-refractivity contribution in [2.24, 2.45) is 0 Å². The first-order chi connectivity index (χ1) is 11.2. The van der Waals surface area contributed by atoms with E-state index < -0.39 is 0 Å². The Labute approximate surface area is 151 Å². The van der Waals surface area contributed by atoms with Crippen LogP contribution in [0.3, 0.4) is 0 Å². The van der Waals surface area contributed by atoms with Crippen LogP contribution in [-0.2, 0) is 4.79 Å². The van der Waals surface area contributed by atoms with Crippen LogP contribution >= 0.6 is 22.9 Å². The molecule has 1 aromatic carbocycles. The number of likely N-dealkylation sites (N-methyl/N-ethyl adjacent to an activating group) is 1. The summed E-state index contributed by atoms with van der Waals surface area (Å²) in [6, 6.07) is 11.2. The number of benzene rings is 1. The van der Waals surface area contributed by atoms with Crippen molar-refractivity contribution in [3.8, 4) is 10.4 Å². The zero-order chi connectivity index (χ0) is 17.9. The molecule has 0 aliphatic heterocycles. The van der Waals surface area contributed by atoms with Crippen molar-refractivity contribution >= 4 is 34.8 Å². The molecule has 0 aliphatic carbocycles. The predicted octanol–water partition coefficient (Wildman–Crippen LogP) is 4.06. The Bertz CT molecular complexity index is 732. The van der Waals surface area contributed by atoms with E-state index in [2.05, 4.69) is 5.32 Å². The van der Waals surface area contributed by atoms with Gasteiger partial charge in [-0.3, -0.25) is 9.59 Å². The monoisotopic (exact) mass is 364 g/mol. The minimum absolute atomic E-state index is 0.0320. The van der Waals surface area contributed by atoms with E-state index in [4.69, 9.17) is 11.6 Å². The van der Waals surface area contributed by atoms with Crippen molar-refractivity contribution in [2.45, 2.75) is 26.3 Å². The topological polar surface area (TPSA) is 49.4 Å². The molecule has 128 valence electrons. The first-order valence-electron chi connectivity index (χ1n) is 7.58. The molecule has 0 aliphatic rings. The predicted molar refractivity (Wildman–Crippen MR) is 99.6 cm³/mol. The molecular weight excluding hydrogens is 344 g/mol. The molecule has 24 heavy (non-hydrogen) atoms. The zero-order valence-electron chi connectivity index (χ0n) is 14.2. The van der Waals surface area contributed by atoms with Gasteiger partial charge in [0.2, 0.25) is 5.91 Å². The van der Waals surface area contributed by atoms with E-state index in [0.717, 1.165) is 10.4 Å². The van der Waals surface area contributed by atoms with Gasteiger partial charge < -0.3 is 10.2 Å². The average Bonchev–Trinajstić information content (AvgIpc) is 2.94. The van der Waals surface area contributed by atoms with Gasteiger partial charge in [0.15, 0.2) is 0 Å². The van der Waals surface area contributed by atoms with Gasteiger partial charge in [0, 0.05) is 22.5 Å². The second-order valence-corrected chi connectivity index (χ2v) is 8.15. The van der Waals surface area contributed by atoms with Crippen LogP contribution in [0.4, 0.5) is 0 Å². The third kappa shape index (κ3) is 5.08. The highest BCUT2D eigenvalue weighted by atomic mass is 35.5. The van der Waals surface area contributed by atoms with Crippen molar-refractivity contribution in [2.75, 3.05) is 13.6 Å². The van der Waals surface area contributed by atoms with Gasteiger partial charge in [-0.1, -0.05) is 23.7 Å². The van der Waals surface area contributed by atoms with Crippen LogP contribution in [0, 0.1) is 0 Å². The van der Waals surface area contributed by atoms with Gasteiger partial charge >= 0.3 is 0 Å². The normalized spacial score (nSPS) is 11.2. The lowest BCUT2D eigenvalue weighted by Gasteiger charge is -2.23. The molecule has 2 aromatic rings. The SMILES string of the molecule is CN(CC(=O)NC(C)(C)C)C(=O)c1ccc(-c2ccc(Cl)cc2)s1. The number of halogens is 1. The zero-order valence-corrected chi connectivity index (χ0v) is 15.8. The number of rotatable bonds is 4. The summed E-state index contributed by atoms with van der Waals surface area (Å²) < 4.78 is 0. The highest BCUT2D eigenvalue weighted by molar-refractivity contribution is 7.17. The Morgan fingerprint density at radius 1 is 1.12 bits per heavy atom. The molecule has 4 nitrogen and oxygen atoms in total. The summed E-state index contributed by atoms with van der Waals surface area (Å²) >= 11 is 7.30. The van der Waals surface area contributed by atoms with Crippen LogP contribution in [0.15, 0.2) is 36.4 Å². The van der Waals surface area contributed by atoms with Crippen LogP contribution in [0.25, 0.3) is 10.4 Å². The maximum Gasteiger partial charge on any atom is 0.264 e.